The third-order valence-electron chi connectivity index (χ3n) is 2.47. The number of nitrogens with zero attached hydrogens (tertiary/aromatic N) is 1. The van der Waals surface area contributed by atoms with Crippen LogP contribution in [0.2, 0.25) is 0 Å². The molecule has 0 aromatic heterocycles. The van der Waals surface area contributed by atoms with Crippen LogP contribution in [0.15, 0.2) is 30.3 Å². The van der Waals surface area contributed by atoms with Crippen LogP contribution in [0.25, 0.3) is 0 Å². The van der Waals surface area contributed by atoms with Gasteiger partial charge in [0, 0.05) is 19.6 Å². The van der Waals surface area contributed by atoms with E-state index in [1.807, 2.05) is 6.07 Å². The first-order chi connectivity index (χ1) is 6.84. The molecule has 0 amide bonds. The van der Waals surface area contributed by atoms with E-state index in [4.69, 9.17) is 4.74 Å². The summed E-state index contributed by atoms with van der Waals surface area (Å²) in [6, 6.07) is 10.5. The number of rotatable bonds is 2. The van der Waals surface area contributed by atoms with Crippen molar-refractivity contribution in [2.24, 2.45) is 0 Å². The Bertz CT molecular complexity index is 273. The molecule has 14 heavy (non-hydrogen) atoms. The smallest absolute Gasteiger partial charge is 0.0703 e. The monoisotopic (exact) mass is 190 g/mol. The van der Waals surface area contributed by atoms with Crippen LogP contribution in [0.1, 0.15) is 5.56 Å². The van der Waals surface area contributed by atoms with E-state index in [1.165, 1.54) is 5.56 Å². The standard InChI is InChI=1S/C12H16NO/c1-11-9-13(7-8-14-11)10-12-5-3-2-4-6-12/h2-6,11H,1,7-10H2/t11-/m0/s1. The van der Waals surface area contributed by atoms with Gasteiger partial charge in [-0.1, -0.05) is 30.3 Å². The van der Waals surface area contributed by atoms with Crippen LogP contribution in [0.4, 0.5) is 0 Å². The second kappa shape index (κ2) is 4.58. The Labute approximate surface area is 85.5 Å². The molecule has 1 saturated heterocycles. The summed E-state index contributed by atoms with van der Waals surface area (Å²) in [5, 5.41) is 0. The lowest BCUT2D eigenvalue weighted by atomic mass is 10.2. The summed E-state index contributed by atoms with van der Waals surface area (Å²) in [6.45, 7) is 7.70. The zero-order valence-corrected chi connectivity index (χ0v) is 8.36. The third kappa shape index (κ3) is 2.56. The van der Waals surface area contributed by atoms with E-state index in [0.29, 0.717) is 0 Å². The van der Waals surface area contributed by atoms with Crippen LogP contribution in [0.3, 0.4) is 0 Å². The van der Waals surface area contributed by atoms with Crippen LogP contribution in [-0.2, 0) is 11.3 Å². The van der Waals surface area contributed by atoms with E-state index in [2.05, 4.69) is 36.1 Å². The Hall–Kier alpha value is -0.860. The maximum atomic E-state index is 5.39. The molecule has 0 spiro atoms. The molecule has 1 fully saturated rings. The molecule has 1 heterocycles. The van der Waals surface area contributed by atoms with Crippen LogP contribution in [0.5, 0.6) is 0 Å². The fraction of sp³-hybridized carbons (Fsp3) is 0.417. The summed E-state index contributed by atoms with van der Waals surface area (Å²) in [5.41, 5.74) is 1.36. The number of benzene rings is 1. The summed E-state index contributed by atoms with van der Waals surface area (Å²) >= 11 is 0. The zero-order chi connectivity index (χ0) is 9.80. The molecular formula is C12H16NO. The van der Waals surface area contributed by atoms with Crippen LogP contribution in [0, 0.1) is 6.92 Å². The van der Waals surface area contributed by atoms with Gasteiger partial charge in [-0.15, -0.1) is 0 Å². The molecule has 2 nitrogen and oxygen atoms in total. The molecule has 2 rings (SSSR count). The largest absolute Gasteiger partial charge is 0.376 e. The molecule has 1 aromatic rings. The first-order valence-electron chi connectivity index (χ1n) is 5.05. The average molecular weight is 190 g/mol. The molecule has 2 heteroatoms. The van der Waals surface area contributed by atoms with Gasteiger partial charge >= 0.3 is 0 Å². The summed E-state index contributed by atoms with van der Waals surface area (Å²) in [5.74, 6) is 0. The molecule has 1 aliphatic rings. The minimum Gasteiger partial charge on any atom is -0.376 e. The minimum absolute atomic E-state index is 0.132. The Morgan fingerprint density at radius 3 is 2.86 bits per heavy atom. The van der Waals surface area contributed by atoms with Crippen molar-refractivity contribution in [3.63, 3.8) is 0 Å². The van der Waals surface area contributed by atoms with E-state index in [-0.39, 0.29) is 6.10 Å². The van der Waals surface area contributed by atoms with Gasteiger partial charge in [-0.25, -0.2) is 0 Å². The van der Waals surface area contributed by atoms with Crippen molar-refractivity contribution in [3.05, 3.63) is 42.8 Å². The lowest BCUT2D eigenvalue weighted by Gasteiger charge is -2.30. The SMILES string of the molecule is [CH2][C@H]1CN(Cc2ccccc2)CCO1. The van der Waals surface area contributed by atoms with Gasteiger partial charge < -0.3 is 4.74 Å². The normalized spacial score (nSPS) is 23.6. The Morgan fingerprint density at radius 2 is 2.14 bits per heavy atom. The van der Waals surface area contributed by atoms with E-state index < -0.39 is 0 Å². The lowest BCUT2D eigenvalue weighted by Crippen LogP contribution is -2.40. The molecule has 0 unspecified atom stereocenters. The zero-order valence-electron chi connectivity index (χ0n) is 8.36. The first-order valence-corrected chi connectivity index (χ1v) is 5.05. The first kappa shape index (κ1) is 9.69. The van der Waals surface area contributed by atoms with Crippen LogP contribution in [-0.4, -0.2) is 30.7 Å². The predicted octanol–water partition coefficient (Wildman–Crippen LogP) is 1.72. The Morgan fingerprint density at radius 1 is 1.36 bits per heavy atom. The molecule has 1 aromatic carbocycles. The van der Waals surface area contributed by atoms with Crippen molar-refractivity contribution in [3.8, 4) is 0 Å². The number of ether oxygens (including phenoxy) is 1. The molecule has 0 N–H and O–H groups in total. The maximum Gasteiger partial charge on any atom is 0.0703 e. The Kier molecular flexibility index (Phi) is 3.17. The molecule has 1 aliphatic heterocycles. The molecule has 1 radical (unpaired) electrons. The van der Waals surface area contributed by atoms with Gasteiger partial charge in [0.25, 0.3) is 0 Å². The highest BCUT2D eigenvalue weighted by atomic mass is 16.5. The Balaban J connectivity index is 1.91. The van der Waals surface area contributed by atoms with Gasteiger partial charge in [0.1, 0.15) is 0 Å². The van der Waals surface area contributed by atoms with Gasteiger partial charge in [-0.2, -0.15) is 0 Å². The average Bonchev–Trinajstić information content (AvgIpc) is 2.19. The highest BCUT2D eigenvalue weighted by Gasteiger charge is 2.16. The van der Waals surface area contributed by atoms with Gasteiger partial charge in [0.05, 0.1) is 12.7 Å². The summed E-state index contributed by atoms with van der Waals surface area (Å²) < 4.78 is 5.39. The number of hydrogen-bond acceptors (Lipinski definition) is 2. The van der Waals surface area contributed by atoms with Crippen molar-refractivity contribution in [2.75, 3.05) is 19.7 Å². The molecule has 0 saturated carbocycles. The highest BCUT2D eigenvalue weighted by molar-refractivity contribution is 5.14. The number of morpholine rings is 1. The summed E-state index contributed by atoms with van der Waals surface area (Å²) in [6.07, 6.45) is 0.132. The van der Waals surface area contributed by atoms with Crippen LogP contribution < -0.4 is 0 Å². The summed E-state index contributed by atoms with van der Waals surface area (Å²) in [4.78, 5) is 2.39. The molecule has 75 valence electrons. The number of hydrogen-bond donors (Lipinski definition) is 0. The fourth-order valence-corrected chi connectivity index (χ4v) is 1.77. The third-order valence-corrected chi connectivity index (χ3v) is 2.47. The van der Waals surface area contributed by atoms with Gasteiger partial charge in [-0.05, 0) is 12.5 Å². The van der Waals surface area contributed by atoms with Crippen LogP contribution >= 0.6 is 0 Å². The van der Waals surface area contributed by atoms with E-state index in [9.17, 15) is 0 Å². The van der Waals surface area contributed by atoms with Gasteiger partial charge in [0.2, 0.25) is 0 Å². The molecule has 1 atom stereocenters. The second-order valence-electron chi connectivity index (χ2n) is 3.71. The molecule has 0 aliphatic carbocycles. The van der Waals surface area contributed by atoms with Crippen molar-refractivity contribution >= 4 is 0 Å². The van der Waals surface area contributed by atoms with Crippen molar-refractivity contribution in [2.45, 2.75) is 12.6 Å². The maximum absolute atomic E-state index is 5.39. The fourth-order valence-electron chi connectivity index (χ4n) is 1.77. The van der Waals surface area contributed by atoms with E-state index in [1.54, 1.807) is 0 Å². The van der Waals surface area contributed by atoms with E-state index >= 15 is 0 Å². The minimum atomic E-state index is 0.132. The lowest BCUT2D eigenvalue weighted by molar-refractivity contribution is -0.00795. The predicted molar refractivity (Wildman–Crippen MR) is 56.8 cm³/mol. The molecule has 0 bridgehead atoms. The van der Waals surface area contributed by atoms with Gasteiger partial charge in [-0.3, -0.25) is 4.90 Å². The van der Waals surface area contributed by atoms with Crippen molar-refractivity contribution in [1.29, 1.82) is 0 Å². The van der Waals surface area contributed by atoms with Gasteiger partial charge in [0.15, 0.2) is 0 Å². The molecular weight excluding hydrogens is 174 g/mol. The van der Waals surface area contributed by atoms with Crippen molar-refractivity contribution in [1.82, 2.24) is 4.90 Å². The van der Waals surface area contributed by atoms with E-state index in [0.717, 1.165) is 26.2 Å². The van der Waals surface area contributed by atoms with Crippen molar-refractivity contribution < 1.29 is 4.74 Å². The summed E-state index contributed by atoms with van der Waals surface area (Å²) in [7, 11) is 0. The topological polar surface area (TPSA) is 12.5 Å². The quantitative estimate of drug-likeness (QED) is 0.704. The second-order valence-corrected chi connectivity index (χ2v) is 3.71. The highest BCUT2D eigenvalue weighted by Crippen LogP contribution is 2.09.